The Bertz CT molecular complexity index is 570. The number of alkyl halides is 2. The molecule has 0 aliphatic rings. The molecule has 1 heterocycles. The first-order valence-corrected chi connectivity index (χ1v) is 5.89. The Kier molecular flexibility index (Phi) is 3.28. The molecule has 0 amide bonds. The van der Waals surface area contributed by atoms with Gasteiger partial charge in [0.15, 0.2) is 0 Å². The highest BCUT2D eigenvalue weighted by Gasteiger charge is 2.14. The molecular weight excluding hydrogens is 290 g/mol. The quantitative estimate of drug-likeness (QED) is 0.895. The zero-order valence-electron chi connectivity index (χ0n) is 9.39. The summed E-state index contributed by atoms with van der Waals surface area (Å²) < 4.78 is 26.2. The molecule has 0 bridgehead atoms. The number of hydrogen-bond acceptors (Lipinski definition) is 2. The van der Waals surface area contributed by atoms with E-state index >= 15 is 0 Å². The van der Waals surface area contributed by atoms with Gasteiger partial charge in [0.2, 0.25) is 0 Å². The Hall–Kier alpha value is -1.23. The lowest BCUT2D eigenvalue weighted by Crippen LogP contribution is -1.98. The largest absolute Gasteiger partial charge is 0.388 e. The molecule has 2 rings (SSSR count). The molecule has 0 aliphatic heterocycles. The van der Waals surface area contributed by atoms with Gasteiger partial charge in [-0.3, -0.25) is 0 Å². The lowest BCUT2D eigenvalue weighted by Gasteiger charge is -2.11. The number of anilines is 1. The monoisotopic (exact) mass is 300 g/mol. The number of aryl methyl sites for hydroxylation is 1. The lowest BCUT2D eigenvalue weighted by atomic mass is 10.1. The van der Waals surface area contributed by atoms with E-state index in [0.29, 0.717) is 11.2 Å². The van der Waals surface area contributed by atoms with E-state index in [-0.39, 0.29) is 5.69 Å². The Morgan fingerprint density at radius 3 is 2.65 bits per heavy atom. The maximum Gasteiger partial charge on any atom is 0.280 e. The molecule has 0 fully saturated rings. The smallest absolute Gasteiger partial charge is 0.280 e. The summed E-state index contributed by atoms with van der Waals surface area (Å²) in [5.74, 6) is 0. The van der Waals surface area contributed by atoms with Gasteiger partial charge in [-0.15, -0.1) is 0 Å². The van der Waals surface area contributed by atoms with Crippen molar-refractivity contribution in [1.82, 2.24) is 4.98 Å². The second-order valence-corrected chi connectivity index (χ2v) is 4.53. The van der Waals surface area contributed by atoms with E-state index in [1.54, 1.807) is 7.05 Å². The molecule has 0 saturated carbocycles. The average molecular weight is 301 g/mol. The third kappa shape index (κ3) is 2.11. The van der Waals surface area contributed by atoms with Crippen LogP contribution in [0.15, 0.2) is 22.7 Å². The van der Waals surface area contributed by atoms with Crippen molar-refractivity contribution in [3.05, 3.63) is 33.9 Å². The van der Waals surface area contributed by atoms with Gasteiger partial charge in [0.1, 0.15) is 5.69 Å². The topological polar surface area (TPSA) is 24.9 Å². The Morgan fingerprint density at radius 1 is 1.35 bits per heavy atom. The fourth-order valence-electron chi connectivity index (χ4n) is 1.70. The van der Waals surface area contributed by atoms with Gasteiger partial charge < -0.3 is 5.32 Å². The third-order valence-corrected chi connectivity index (χ3v) is 3.63. The summed E-state index contributed by atoms with van der Waals surface area (Å²) in [6.45, 7) is 1.90. The summed E-state index contributed by atoms with van der Waals surface area (Å²) in [6.07, 6.45) is -2.57. The van der Waals surface area contributed by atoms with Crippen molar-refractivity contribution in [1.29, 1.82) is 0 Å². The van der Waals surface area contributed by atoms with Crippen LogP contribution < -0.4 is 5.32 Å². The normalized spacial score (nSPS) is 11.2. The maximum atomic E-state index is 12.7. The van der Waals surface area contributed by atoms with Crippen molar-refractivity contribution in [2.24, 2.45) is 0 Å². The number of aromatic nitrogens is 1. The fraction of sp³-hybridized carbons (Fsp3) is 0.250. The molecule has 5 heteroatoms. The van der Waals surface area contributed by atoms with Crippen molar-refractivity contribution < 1.29 is 8.78 Å². The van der Waals surface area contributed by atoms with Crippen LogP contribution in [-0.2, 0) is 0 Å². The van der Waals surface area contributed by atoms with Crippen LogP contribution in [0.3, 0.4) is 0 Å². The first-order valence-electron chi connectivity index (χ1n) is 5.10. The number of rotatable bonds is 2. The van der Waals surface area contributed by atoms with Crippen LogP contribution in [0.4, 0.5) is 14.5 Å². The number of hydrogen-bond donors (Lipinski definition) is 1. The second-order valence-electron chi connectivity index (χ2n) is 3.74. The Morgan fingerprint density at radius 2 is 2.06 bits per heavy atom. The molecule has 0 radical (unpaired) electrons. The highest BCUT2D eigenvalue weighted by atomic mass is 79.9. The second kappa shape index (κ2) is 4.56. The molecule has 90 valence electrons. The Labute approximate surface area is 106 Å². The van der Waals surface area contributed by atoms with E-state index in [2.05, 4.69) is 26.2 Å². The summed E-state index contributed by atoms with van der Waals surface area (Å²) >= 11 is 3.39. The molecule has 1 aromatic carbocycles. The molecule has 17 heavy (non-hydrogen) atoms. The van der Waals surface area contributed by atoms with Crippen molar-refractivity contribution in [3.8, 4) is 0 Å². The third-order valence-electron chi connectivity index (χ3n) is 2.63. The van der Waals surface area contributed by atoms with Gasteiger partial charge in [0.25, 0.3) is 6.43 Å². The predicted octanol–water partition coefficient (Wildman–Crippen LogP) is 4.29. The van der Waals surface area contributed by atoms with Gasteiger partial charge in [-0.2, -0.15) is 0 Å². The molecule has 2 nitrogen and oxygen atoms in total. The predicted molar refractivity (Wildman–Crippen MR) is 68.7 cm³/mol. The molecule has 0 spiro atoms. The van der Waals surface area contributed by atoms with Crippen molar-refractivity contribution in [2.45, 2.75) is 13.3 Å². The van der Waals surface area contributed by atoms with E-state index < -0.39 is 6.43 Å². The van der Waals surface area contributed by atoms with Gasteiger partial charge >= 0.3 is 0 Å². The number of nitrogens with one attached hydrogen (secondary N) is 1. The minimum atomic E-state index is -2.57. The average Bonchev–Trinajstić information content (AvgIpc) is 2.32. The van der Waals surface area contributed by atoms with Gasteiger partial charge in [0.05, 0.1) is 5.52 Å². The molecule has 1 N–H and O–H groups in total. The fourth-order valence-corrected chi connectivity index (χ4v) is 2.13. The van der Waals surface area contributed by atoms with E-state index in [1.807, 2.05) is 19.1 Å². The van der Waals surface area contributed by atoms with Crippen LogP contribution in [0, 0.1) is 6.92 Å². The van der Waals surface area contributed by atoms with Gasteiger partial charge in [-0.1, -0.05) is 12.1 Å². The van der Waals surface area contributed by atoms with Crippen LogP contribution in [-0.4, -0.2) is 12.0 Å². The zero-order valence-corrected chi connectivity index (χ0v) is 11.0. The van der Waals surface area contributed by atoms with E-state index in [1.165, 1.54) is 6.07 Å². The molecule has 2 aromatic rings. The standard InChI is InChI=1S/C12H11BrF2N2/c1-6-3-4-7-8(16-2)5-9(12(14)15)17-11(7)10(6)13/h3-5,12H,1-2H3,(H,16,17). The van der Waals surface area contributed by atoms with E-state index in [9.17, 15) is 8.78 Å². The summed E-state index contributed by atoms with van der Waals surface area (Å²) in [6, 6.07) is 5.19. The molecule has 1 aromatic heterocycles. The molecule has 0 unspecified atom stereocenters. The van der Waals surface area contributed by atoms with E-state index in [4.69, 9.17) is 0 Å². The molecule has 0 aliphatic carbocycles. The van der Waals surface area contributed by atoms with Crippen molar-refractivity contribution in [2.75, 3.05) is 12.4 Å². The molecule has 0 atom stereocenters. The molecular formula is C12H11BrF2N2. The van der Waals surface area contributed by atoms with Gasteiger partial charge in [-0.05, 0) is 34.5 Å². The summed E-state index contributed by atoms with van der Waals surface area (Å²) in [5, 5.41) is 3.75. The highest BCUT2D eigenvalue weighted by molar-refractivity contribution is 9.10. The van der Waals surface area contributed by atoms with Crippen molar-refractivity contribution >= 4 is 32.5 Å². The SMILES string of the molecule is CNc1cc(C(F)F)nc2c(Br)c(C)ccc12. The molecule has 0 saturated heterocycles. The Balaban J connectivity index is 2.83. The maximum absolute atomic E-state index is 12.7. The van der Waals surface area contributed by atoms with Crippen LogP contribution in [0.5, 0.6) is 0 Å². The zero-order chi connectivity index (χ0) is 12.6. The number of nitrogens with zero attached hydrogens (tertiary/aromatic N) is 1. The highest BCUT2D eigenvalue weighted by Crippen LogP contribution is 2.33. The first-order chi connectivity index (χ1) is 8.04. The summed E-state index contributed by atoms with van der Waals surface area (Å²) in [7, 11) is 1.71. The first kappa shape index (κ1) is 12.2. The van der Waals surface area contributed by atoms with Crippen LogP contribution >= 0.6 is 15.9 Å². The number of fused-ring (bicyclic) bond motifs is 1. The van der Waals surface area contributed by atoms with Gasteiger partial charge in [-0.25, -0.2) is 13.8 Å². The number of halogens is 3. The van der Waals surface area contributed by atoms with E-state index in [0.717, 1.165) is 15.4 Å². The van der Waals surface area contributed by atoms with Gasteiger partial charge in [0, 0.05) is 22.6 Å². The van der Waals surface area contributed by atoms with Crippen molar-refractivity contribution in [3.63, 3.8) is 0 Å². The lowest BCUT2D eigenvalue weighted by molar-refractivity contribution is 0.146. The van der Waals surface area contributed by atoms with Crippen LogP contribution in [0.1, 0.15) is 17.7 Å². The minimum absolute atomic E-state index is 0.215. The minimum Gasteiger partial charge on any atom is -0.388 e. The number of benzene rings is 1. The van der Waals surface area contributed by atoms with Crippen LogP contribution in [0.2, 0.25) is 0 Å². The summed E-state index contributed by atoms with van der Waals surface area (Å²) in [4.78, 5) is 4.01. The van der Waals surface area contributed by atoms with Crippen LogP contribution in [0.25, 0.3) is 10.9 Å². The summed E-state index contributed by atoms with van der Waals surface area (Å²) in [5.41, 5.74) is 1.98. The number of pyridine rings is 1.